The maximum atomic E-state index is 11.0. The molecule has 0 bridgehead atoms. The molecule has 1 N–H and O–H groups in total. The minimum absolute atomic E-state index is 0.0756. The Hall–Kier alpha value is -1.59. The summed E-state index contributed by atoms with van der Waals surface area (Å²) in [5, 5.41) is 9.07. The molecule has 1 aromatic rings. The minimum atomic E-state index is -0.751. The number of nitrogens with zero attached hydrogens (tertiary/aromatic N) is 1. The van der Waals surface area contributed by atoms with Crippen LogP contribution in [0.25, 0.3) is 0 Å². The Kier molecular flexibility index (Phi) is 4.04. The molecule has 0 aliphatic carbocycles. The van der Waals surface area contributed by atoms with E-state index >= 15 is 0 Å². The van der Waals surface area contributed by atoms with Crippen LogP contribution in [0.4, 0.5) is 0 Å². The third kappa shape index (κ3) is 3.04. The predicted octanol–water partition coefficient (Wildman–Crippen LogP) is 3.02. The van der Waals surface area contributed by atoms with Gasteiger partial charge in [-0.05, 0) is 51.2 Å². The van der Waals surface area contributed by atoms with Crippen LogP contribution >= 0.6 is 0 Å². The number of carboxylic acids is 1. The van der Waals surface area contributed by atoms with Crippen LogP contribution in [-0.2, 0) is 9.53 Å². The van der Waals surface area contributed by atoms with E-state index in [1.807, 2.05) is 4.90 Å². The number of hydrogen-bond donors (Lipinski definition) is 1. The minimum Gasteiger partial charge on any atom is -0.487 e. The molecule has 1 aromatic carbocycles. The summed E-state index contributed by atoms with van der Waals surface area (Å²) >= 11 is 0. The highest BCUT2D eigenvalue weighted by atomic mass is 16.5. The molecule has 0 radical (unpaired) electrons. The largest absolute Gasteiger partial charge is 0.487 e. The molecule has 0 aromatic heterocycles. The van der Waals surface area contributed by atoms with Gasteiger partial charge in [-0.3, -0.25) is 9.69 Å². The highest BCUT2D eigenvalue weighted by molar-refractivity contribution is 5.69. The molecule has 0 saturated carbocycles. The fourth-order valence-corrected chi connectivity index (χ4v) is 4.82. The molecule has 5 heteroatoms. The summed E-state index contributed by atoms with van der Waals surface area (Å²) < 4.78 is 12.9. The lowest BCUT2D eigenvalue weighted by atomic mass is 9.70. The standard InChI is InChI=1S/C20H27NO4/c1-12-4-5-14-17(8-12)25-20(2,3)15-9-13-10-21(11-18(22)23)7-6-16(13)24-19(14)15/h4-5,8,13,15-16,19H,6-7,9-11H2,1-3H3,(H,22,23)/t13-,15+,16+,19-/m1/s1. The lowest BCUT2D eigenvalue weighted by Crippen LogP contribution is -2.55. The molecule has 2 fully saturated rings. The number of aryl methyl sites for hydroxylation is 1. The van der Waals surface area contributed by atoms with Gasteiger partial charge in [-0.25, -0.2) is 0 Å². The van der Waals surface area contributed by atoms with E-state index in [0.717, 1.165) is 31.7 Å². The number of ether oxygens (including phenoxy) is 2. The van der Waals surface area contributed by atoms with Gasteiger partial charge in [0.25, 0.3) is 0 Å². The predicted molar refractivity (Wildman–Crippen MR) is 93.8 cm³/mol. The topological polar surface area (TPSA) is 59.0 Å². The van der Waals surface area contributed by atoms with Gasteiger partial charge in [0.05, 0.1) is 18.8 Å². The average molecular weight is 345 g/mol. The van der Waals surface area contributed by atoms with E-state index in [1.165, 1.54) is 11.1 Å². The normalized spacial score (nSPS) is 33.6. The Morgan fingerprint density at radius 3 is 2.96 bits per heavy atom. The first kappa shape index (κ1) is 16.9. The molecular formula is C20H27NO4. The maximum absolute atomic E-state index is 11.0. The average Bonchev–Trinajstić information content (AvgIpc) is 2.52. The Morgan fingerprint density at radius 1 is 1.40 bits per heavy atom. The molecule has 2 saturated heterocycles. The maximum Gasteiger partial charge on any atom is 0.317 e. The van der Waals surface area contributed by atoms with Crippen molar-refractivity contribution < 1.29 is 19.4 Å². The smallest absolute Gasteiger partial charge is 0.317 e. The molecule has 0 spiro atoms. The monoisotopic (exact) mass is 345 g/mol. The summed E-state index contributed by atoms with van der Waals surface area (Å²) in [6, 6.07) is 6.39. The van der Waals surface area contributed by atoms with Gasteiger partial charge < -0.3 is 14.6 Å². The van der Waals surface area contributed by atoms with E-state index in [4.69, 9.17) is 14.6 Å². The SMILES string of the molecule is Cc1ccc2c(c1)OC(C)(C)[C@H]1C[C@@H]3CN(CC(=O)O)CC[C@@H]3O[C@H]21. The molecule has 25 heavy (non-hydrogen) atoms. The molecule has 0 amide bonds. The number of benzene rings is 1. The molecule has 136 valence electrons. The van der Waals surface area contributed by atoms with Gasteiger partial charge in [-0.2, -0.15) is 0 Å². The molecule has 4 rings (SSSR count). The van der Waals surface area contributed by atoms with E-state index < -0.39 is 5.97 Å². The zero-order chi connectivity index (χ0) is 17.8. The van der Waals surface area contributed by atoms with Gasteiger partial charge in [-0.15, -0.1) is 0 Å². The van der Waals surface area contributed by atoms with Crippen LogP contribution in [0.1, 0.15) is 43.9 Å². The van der Waals surface area contributed by atoms with E-state index in [-0.39, 0.29) is 30.3 Å². The van der Waals surface area contributed by atoms with E-state index in [1.54, 1.807) is 0 Å². The quantitative estimate of drug-likeness (QED) is 0.893. The van der Waals surface area contributed by atoms with Gasteiger partial charge in [-0.1, -0.05) is 12.1 Å². The summed E-state index contributed by atoms with van der Waals surface area (Å²) in [4.78, 5) is 13.1. The molecule has 4 atom stereocenters. The second kappa shape index (κ2) is 5.99. The molecule has 0 unspecified atom stereocenters. The first-order chi connectivity index (χ1) is 11.8. The van der Waals surface area contributed by atoms with Crippen molar-refractivity contribution in [3.63, 3.8) is 0 Å². The molecular weight excluding hydrogens is 318 g/mol. The Morgan fingerprint density at radius 2 is 2.20 bits per heavy atom. The number of rotatable bonds is 2. The highest BCUT2D eigenvalue weighted by Gasteiger charge is 2.51. The second-order valence-corrected chi connectivity index (χ2v) is 8.36. The number of carbonyl (C=O) groups is 1. The van der Waals surface area contributed by atoms with E-state index in [0.29, 0.717) is 5.92 Å². The van der Waals surface area contributed by atoms with Gasteiger partial charge in [0.2, 0.25) is 0 Å². The summed E-state index contributed by atoms with van der Waals surface area (Å²) in [7, 11) is 0. The van der Waals surface area contributed by atoms with Gasteiger partial charge >= 0.3 is 5.97 Å². The van der Waals surface area contributed by atoms with Crippen molar-refractivity contribution in [2.45, 2.75) is 51.4 Å². The number of carboxylic acid groups (broad SMARTS) is 1. The van der Waals surface area contributed by atoms with Crippen LogP contribution in [0.15, 0.2) is 18.2 Å². The summed E-state index contributed by atoms with van der Waals surface area (Å²) in [6.07, 6.45) is 2.22. The first-order valence-electron chi connectivity index (χ1n) is 9.22. The third-order valence-electron chi connectivity index (χ3n) is 6.09. The number of fused-ring (bicyclic) bond motifs is 4. The summed E-state index contributed by atoms with van der Waals surface area (Å²) in [6.45, 7) is 8.11. The van der Waals surface area contributed by atoms with Crippen LogP contribution in [0, 0.1) is 18.8 Å². The fourth-order valence-electron chi connectivity index (χ4n) is 4.82. The van der Waals surface area contributed by atoms with Crippen molar-refractivity contribution in [3.05, 3.63) is 29.3 Å². The Labute approximate surface area is 148 Å². The lowest BCUT2D eigenvalue weighted by Gasteiger charge is -2.53. The van der Waals surface area contributed by atoms with Crippen LogP contribution in [-0.4, -0.2) is 47.3 Å². The lowest BCUT2D eigenvalue weighted by molar-refractivity contribution is -0.188. The number of likely N-dealkylation sites (tertiary alicyclic amines) is 1. The van der Waals surface area contributed by atoms with Gasteiger partial charge in [0.15, 0.2) is 0 Å². The van der Waals surface area contributed by atoms with E-state index in [2.05, 4.69) is 39.0 Å². The fraction of sp³-hybridized carbons (Fsp3) is 0.650. The van der Waals surface area contributed by atoms with E-state index in [9.17, 15) is 4.79 Å². The molecule has 5 nitrogen and oxygen atoms in total. The molecule has 3 aliphatic rings. The van der Waals surface area contributed by atoms with Crippen molar-refractivity contribution in [3.8, 4) is 5.75 Å². The zero-order valence-corrected chi connectivity index (χ0v) is 15.2. The second-order valence-electron chi connectivity index (χ2n) is 8.36. The van der Waals surface area contributed by atoms with Crippen molar-refractivity contribution >= 4 is 5.97 Å². The third-order valence-corrected chi connectivity index (χ3v) is 6.09. The van der Waals surface area contributed by atoms with Crippen LogP contribution < -0.4 is 4.74 Å². The van der Waals surface area contributed by atoms with Crippen molar-refractivity contribution in [2.75, 3.05) is 19.6 Å². The molecule has 3 aliphatic heterocycles. The zero-order valence-electron chi connectivity index (χ0n) is 15.2. The van der Waals surface area contributed by atoms with Crippen molar-refractivity contribution in [1.82, 2.24) is 4.90 Å². The van der Waals surface area contributed by atoms with Crippen LogP contribution in [0.2, 0.25) is 0 Å². The highest BCUT2D eigenvalue weighted by Crippen LogP contribution is 2.52. The first-order valence-corrected chi connectivity index (χ1v) is 9.22. The molecule has 3 heterocycles. The van der Waals surface area contributed by atoms with Gasteiger partial charge in [0, 0.05) is 24.6 Å². The Balaban J connectivity index is 1.59. The van der Waals surface area contributed by atoms with Gasteiger partial charge in [0.1, 0.15) is 11.4 Å². The number of piperidine rings is 1. The van der Waals surface area contributed by atoms with Crippen molar-refractivity contribution in [1.29, 1.82) is 0 Å². The number of aliphatic carboxylic acids is 1. The van der Waals surface area contributed by atoms with Crippen molar-refractivity contribution in [2.24, 2.45) is 11.8 Å². The summed E-state index contributed by atoms with van der Waals surface area (Å²) in [5.74, 6) is 0.865. The number of hydrogen-bond acceptors (Lipinski definition) is 4. The van der Waals surface area contributed by atoms with Crippen LogP contribution in [0.3, 0.4) is 0 Å². The summed E-state index contributed by atoms with van der Waals surface area (Å²) in [5.41, 5.74) is 2.08. The van der Waals surface area contributed by atoms with Crippen LogP contribution in [0.5, 0.6) is 5.75 Å². The Bertz CT molecular complexity index is 686.